The van der Waals surface area contributed by atoms with Crippen molar-refractivity contribution in [1.82, 2.24) is 4.90 Å². The van der Waals surface area contributed by atoms with Crippen LogP contribution in [0.5, 0.6) is 28.7 Å². The Morgan fingerprint density at radius 1 is 1.15 bits per heavy atom. The summed E-state index contributed by atoms with van der Waals surface area (Å²) < 4.78 is 46.0. The van der Waals surface area contributed by atoms with Crippen molar-refractivity contribution in [1.29, 1.82) is 5.26 Å². The number of hydrogen-bond acceptors (Lipinski definition) is 10. The standard InChI is InChI=1S/C22H19ClN2O8S/c1-28-12-5-4-10-14(17(12)29-2)22(26)33-16(10)15-13-11(6-7-25(15)8-24)21(34(23)27)20-19(18(13)30-3)31-9-32-20/h4-5,15-16H,6-7,9H2,1-3H3. The molecule has 0 amide bonds. The summed E-state index contributed by atoms with van der Waals surface area (Å²) in [5.41, 5.74) is 1.85. The molecular weight excluding hydrogens is 488 g/mol. The second-order valence-corrected chi connectivity index (χ2v) is 9.32. The summed E-state index contributed by atoms with van der Waals surface area (Å²) in [5.74, 6) is 0.813. The molecule has 178 valence electrons. The lowest BCUT2D eigenvalue weighted by Gasteiger charge is -2.38. The molecule has 10 nitrogen and oxygen atoms in total. The first-order valence-electron chi connectivity index (χ1n) is 10.2. The summed E-state index contributed by atoms with van der Waals surface area (Å²) in [6.07, 6.45) is 1.64. The molecule has 3 heterocycles. The SMILES string of the molecule is COc1ccc2c(c1OC)C(=O)OC2C1c2c(c(S(=O)Cl)c3c(c2OC)OCO3)CCN1C#N. The van der Waals surface area contributed by atoms with Gasteiger partial charge in [-0.3, -0.25) is 4.90 Å². The van der Waals surface area contributed by atoms with Gasteiger partial charge in [0.05, 0.1) is 21.3 Å². The number of ether oxygens (including phenoxy) is 6. The van der Waals surface area contributed by atoms with Crippen LogP contribution >= 0.6 is 10.7 Å². The third kappa shape index (κ3) is 3.05. The number of benzene rings is 2. The fraction of sp³-hybridized carbons (Fsp3) is 0.364. The molecule has 12 heteroatoms. The molecule has 5 rings (SSSR count). The molecule has 2 aromatic carbocycles. The van der Waals surface area contributed by atoms with Gasteiger partial charge < -0.3 is 28.4 Å². The Labute approximate surface area is 201 Å². The fourth-order valence-corrected chi connectivity index (χ4v) is 6.08. The molecule has 3 unspecified atom stereocenters. The number of hydrogen-bond donors (Lipinski definition) is 0. The van der Waals surface area contributed by atoms with E-state index in [1.165, 1.54) is 26.2 Å². The van der Waals surface area contributed by atoms with E-state index in [2.05, 4.69) is 6.19 Å². The highest BCUT2D eigenvalue weighted by molar-refractivity contribution is 8.08. The van der Waals surface area contributed by atoms with E-state index in [0.29, 0.717) is 34.6 Å². The molecule has 0 N–H and O–H groups in total. The number of nitriles is 1. The van der Waals surface area contributed by atoms with Crippen LogP contribution in [0, 0.1) is 11.5 Å². The number of methoxy groups -OCH3 is 3. The third-order valence-corrected chi connectivity index (χ3v) is 7.42. The minimum absolute atomic E-state index is 0.0967. The molecule has 0 aromatic heterocycles. The first kappa shape index (κ1) is 22.4. The van der Waals surface area contributed by atoms with Crippen LogP contribution in [0.15, 0.2) is 17.0 Å². The number of rotatable bonds is 5. The summed E-state index contributed by atoms with van der Waals surface area (Å²) >= 11 is 0. The van der Waals surface area contributed by atoms with Crippen LogP contribution in [-0.4, -0.2) is 49.7 Å². The first-order valence-corrected chi connectivity index (χ1v) is 12.2. The van der Waals surface area contributed by atoms with Gasteiger partial charge in [-0.2, -0.15) is 5.26 Å². The fourth-order valence-electron chi connectivity index (χ4n) is 4.88. The molecule has 0 radical (unpaired) electrons. The largest absolute Gasteiger partial charge is 0.493 e. The van der Waals surface area contributed by atoms with Gasteiger partial charge in [-0.05, 0) is 28.7 Å². The minimum Gasteiger partial charge on any atom is -0.493 e. The molecule has 0 spiro atoms. The van der Waals surface area contributed by atoms with Crippen LogP contribution in [0.4, 0.5) is 0 Å². The maximum absolute atomic E-state index is 13.0. The van der Waals surface area contributed by atoms with Crippen LogP contribution < -0.4 is 23.7 Å². The molecule has 3 aliphatic heterocycles. The quantitative estimate of drug-likeness (QED) is 0.340. The van der Waals surface area contributed by atoms with E-state index in [1.807, 2.05) is 0 Å². The lowest BCUT2D eigenvalue weighted by Crippen LogP contribution is -2.36. The third-order valence-electron chi connectivity index (χ3n) is 6.21. The summed E-state index contributed by atoms with van der Waals surface area (Å²) in [5, 5.41) is 9.99. The topological polar surface area (TPSA) is 117 Å². The average molecular weight is 507 g/mol. The molecule has 3 atom stereocenters. The zero-order valence-electron chi connectivity index (χ0n) is 18.4. The lowest BCUT2D eigenvalue weighted by atomic mass is 9.85. The van der Waals surface area contributed by atoms with E-state index in [-0.39, 0.29) is 41.0 Å². The Bertz CT molecular complexity index is 1280. The van der Waals surface area contributed by atoms with Crippen molar-refractivity contribution in [3.05, 3.63) is 34.4 Å². The van der Waals surface area contributed by atoms with Gasteiger partial charge in [0, 0.05) is 17.7 Å². The molecular formula is C22H19ClN2O8S. The van der Waals surface area contributed by atoms with Crippen molar-refractivity contribution in [2.75, 3.05) is 34.7 Å². The molecule has 0 saturated carbocycles. The molecule has 3 aliphatic rings. The van der Waals surface area contributed by atoms with E-state index in [9.17, 15) is 14.3 Å². The Hall–Kier alpha value is -3.36. The van der Waals surface area contributed by atoms with Crippen molar-refractivity contribution in [3.63, 3.8) is 0 Å². The smallest absolute Gasteiger partial charge is 0.343 e. The van der Waals surface area contributed by atoms with Crippen LogP contribution in [0.3, 0.4) is 0 Å². The van der Waals surface area contributed by atoms with Crippen molar-refractivity contribution in [2.24, 2.45) is 0 Å². The van der Waals surface area contributed by atoms with Crippen molar-refractivity contribution >= 4 is 26.7 Å². The Balaban J connectivity index is 1.78. The minimum atomic E-state index is -1.94. The van der Waals surface area contributed by atoms with E-state index in [0.717, 1.165) is 0 Å². The van der Waals surface area contributed by atoms with Crippen molar-refractivity contribution in [2.45, 2.75) is 23.5 Å². The van der Waals surface area contributed by atoms with Gasteiger partial charge in [0.15, 0.2) is 45.3 Å². The summed E-state index contributed by atoms with van der Waals surface area (Å²) in [7, 11) is 8.50. The second kappa shape index (κ2) is 8.45. The van der Waals surface area contributed by atoms with Gasteiger partial charge in [-0.25, -0.2) is 9.00 Å². The Morgan fingerprint density at radius 3 is 2.53 bits per heavy atom. The number of nitrogens with zero attached hydrogens (tertiary/aromatic N) is 2. The molecule has 0 bridgehead atoms. The maximum atomic E-state index is 13.0. The average Bonchev–Trinajstić information content (AvgIpc) is 3.45. The van der Waals surface area contributed by atoms with Gasteiger partial charge in [-0.15, -0.1) is 0 Å². The van der Waals surface area contributed by atoms with E-state index in [4.69, 9.17) is 39.1 Å². The van der Waals surface area contributed by atoms with Gasteiger partial charge in [0.25, 0.3) is 0 Å². The summed E-state index contributed by atoms with van der Waals surface area (Å²) in [6, 6.07) is 2.57. The second-order valence-electron chi connectivity index (χ2n) is 7.62. The predicted octanol–water partition coefficient (Wildman–Crippen LogP) is 2.99. The van der Waals surface area contributed by atoms with Crippen molar-refractivity contribution in [3.8, 4) is 34.9 Å². The summed E-state index contributed by atoms with van der Waals surface area (Å²) in [6.45, 7) is 0.176. The van der Waals surface area contributed by atoms with Gasteiger partial charge in [0.1, 0.15) is 16.5 Å². The highest BCUT2D eigenvalue weighted by Gasteiger charge is 2.48. The zero-order chi connectivity index (χ0) is 24.1. The normalized spacial score (nSPS) is 20.7. The number of halogens is 1. The van der Waals surface area contributed by atoms with Crippen molar-refractivity contribution < 1.29 is 37.4 Å². The van der Waals surface area contributed by atoms with Crippen LogP contribution in [0.25, 0.3) is 0 Å². The monoisotopic (exact) mass is 506 g/mol. The number of cyclic esters (lactones) is 1. The van der Waals surface area contributed by atoms with Crippen LogP contribution in [-0.2, 0) is 21.2 Å². The van der Waals surface area contributed by atoms with Crippen LogP contribution in [0.2, 0.25) is 0 Å². The Morgan fingerprint density at radius 2 is 1.88 bits per heavy atom. The summed E-state index contributed by atoms with van der Waals surface area (Å²) in [4.78, 5) is 14.8. The number of carbonyl (C=O) groups excluding carboxylic acids is 1. The highest BCUT2D eigenvalue weighted by atomic mass is 35.7. The van der Waals surface area contributed by atoms with E-state index < -0.39 is 28.1 Å². The van der Waals surface area contributed by atoms with E-state index >= 15 is 0 Å². The van der Waals surface area contributed by atoms with Gasteiger partial charge in [0.2, 0.25) is 12.5 Å². The lowest BCUT2D eigenvalue weighted by molar-refractivity contribution is 0.0139. The first-order chi connectivity index (χ1) is 16.5. The zero-order valence-corrected chi connectivity index (χ0v) is 19.9. The Kier molecular flexibility index (Phi) is 5.58. The molecule has 2 aromatic rings. The number of fused-ring (bicyclic) bond motifs is 3. The molecule has 0 fully saturated rings. The molecule has 34 heavy (non-hydrogen) atoms. The predicted molar refractivity (Wildman–Crippen MR) is 118 cm³/mol. The molecule has 0 saturated heterocycles. The van der Waals surface area contributed by atoms with Crippen LogP contribution in [0.1, 0.15) is 39.2 Å². The number of carbonyl (C=O) groups is 1. The van der Waals surface area contributed by atoms with Gasteiger partial charge >= 0.3 is 5.97 Å². The molecule has 0 aliphatic carbocycles. The highest BCUT2D eigenvalue weighted by Crippen LogP contribution is 2.57. The maximum Gasteiger partial charge on any atom is 0.343 e. The van der Waals surface area contributed by atoms with Gasteiger partial charge in [-0.1, -0.05) is 6.07 Å². The number of esters is 1. The van der Waals surface area contributed by atoms with E-state index in [1.54, 1.807) is 12.1 Å².